The minimum Gasteiger partial charge on any atom is -0.294 e. The average Bonchev–Trinajstić information content (AvgIpc) is 2.14. The van der Waals surface area contributed by atoms with Crippen molar-refractivity contribution < 1.29 is 9.59 Å². The van der Waals surface area contributed by atoms with Crippen LogP contribution in [-0.2, 0) is 0 Å². The van der Waals surface area contributed by atoms with Crippen LogP contribution in [0.15, 0.2) is 18.3 Å². The summed E-state index contributed by atoms with van der Waals surface area (Å²) >= 11 is 0. The fourth-order valence-corrected chi connectivity index (χ4v) is 1.71. The molecule has 0 bridgehead atoms. The number of carbonyl (C=O) groups excluding carboxylic acids is 2. The molecule has 0 fully saturated rings. The molecule has 0 amide bonds. The summed E-state index contributed by atoms with van der Waals surface area (Å²) in [4.78, 5) is 27.5. The first-order valence-electron chi connectivity index (χ1n) is 4.55. The summed E-state index contributed by atoms with van der Waals surface area (Å²) in [5.74, 6) is -0.0228. The molecule has 1 aliphatic rings. The van der Waals surface area contributed by atoms with E-state index < -0.39 is 5.41 Å². The molecule has 2 rings (SSSR count). The Morgan fingerprint density at radius 1 is 1.36 bits per heavy atom. The Morgan fingerprint density at radius 3 is 2.79 bits per heavy atom. The highest BCUT2D eigenvalue weighted by atomic mass is 16.1. The van der Waals surface area contributed by atoms with Crippen LogP contribution in [0.1, 0.15) is 41.1 Å². The van der Waals surface area contributed by atoms with Crippen molar-refractivity contribution in [2.45, 2.75) is 20.3 Å². The SMILES string of the molecule is CC1(C)CC(=O)c2cccnc2C1=O. The Kier molecular flexibility index (Phi) is 1.77. The molecule has 0 saturated heterocycles. The highest BCUT2D eigenvalue weighted by molar-refractivity contribution is 6.15. The first-order valence-corrected chi connectivity index (χ1v) is 4.55. The summed E-state index contributed by atoms with van der Waals surface area (Å²) < 4.78 is 0. The van der Waals surface area contributed by atoms with Crippen molar-refractivity contribution in [1.82, 2.24) is 4.98 Å². The molecule has 3 heteroatoms. The fraction of sp³-hybridized carbons (Fsp3) is 0.364. The lowest BCUT2D eigenvalue weighted by atomic mass is 9.74. The van der Waals surface area contributed by atoms with Gasteiger partial charge in [0.15, 0.2) is 11.6 Å². The second-order valence-corrected chi connectivity index (χ2v) is 4.21. The van der Waals surface area contributed by atoms with Gasteiger partial charge in [0.05, 0.1) is 0 Å². The molecule has 1 aromatic heterocycles. The number of rotatable bonds is 0. The lowest BCUT2D eigenvalue weighted by Gasteiger charge is -2.27. The highest BCUT2D eigenvalue weighted by Gasteiger charge is 2.39. The quantitative estimate of drug-likeness (QED) is 0.626. The van der Waals surface area contributed by atoms with Crippen molar-refractivity contribution >= 4 is 11.6 Å². The van der Waals surface area contributed by atoms with Crippen LogP contribution >= 0.6 is 0 Å². The van der Waals surface area contributed by atoms with Gasteiger partial charge in [0, 0.05) is 23.6 Å². The van der Waals surface area contributed by atoms with E-state index >= 15 is 0 Å². The summed E-state index contributed by atoms with van der Waals surface area (Å²) in [5, 5.41) is 0. The van der Waals surface area contributed by atoms with Crippen LogP contribution in [0.4, 0.5) is 0 Å². The lowest BCUT2D eigenvalue weighted by Crippen LogP contribution is -2.34. The Hall–Kier alpha value is -1.51. The van der Waals surface area contributed by atoms with E-state index in [2.05, 4.69) is 4.98 Å². The fourth-order valence-electron chi connectivity index (χ4n) is 1.71. The summed E-state index contributed by atoms with van der Waals surface area (Å²) in [6, 6.07) is 3.35. The zero-order chi connectivity index (χ0) is 10.3. The van der Waals surface area contributed by atoms with Crippen molar-refractivity contribution in [2.24, 2.45) is 5.41 Å². The third kappa shape index (κ3) is 1.16. The van der Waals surface area contributed by atoms with Gasteiger partial charge in [-0.2, -0.15) is 0 Å². The van der Waals surface area contributed by atoms with Crippen LogP contribution in [0.25, 0.3) is 0 Å². The number of fused-ring (bicyclic) bond motifs is 1. The number of pyridine rings is 1. The molecule has 1 heterocycles. The predicted molar refractivity (Wildman–Crippen MR) is 51.3 cm³/mol. The predicted octanol–water partition coefficient (Wildman–Crippen LogP) is 1.88. The average molecular weight is 189 g/mol. The Balaban J connectivity index is 2.63. The number of Topliss-reactive ketones (excluding diaryl/α,β-unsaturated/α-hetero) is 2. The van der Waals surface area contributed by atoms with Gasteiger partial charge in [-0.05, 0) is 12.1 Å². The third-order valence-corrected chi connectivity index (χ3v) is 2.54. The van der Waals surface area contributed by atoms with E-state index in [4.69, 9.17) is 0 Å². The van der Waals surface area contributed by atoms with Gasteiger partial charge in [0.2, 0.25) is 0 Å². The van der Waals surface area contributed by atoms with E-state index in [0.717, 1.165) is 0 Å². The molecule has 0 saturated carbocycles. The van der Waals surface area contributed by atoms with Crippen LogP contribution in [0.2, 0.25) is 0 Å². The van der Waals surface area contributed by atoms with Gasteiger partial charge in [0.1, 0.15) is 5.69 Å². The number of aromatic nitrogens is 1. The first-order chi connectivity index (χ1) is 6.52. The van der Waals surface area contributed by atoms with Gasteiger partial charge in [-0.1, -0.05) is 13.8 Å². The van der Waals surface area contributed by atoms with E-state index in [-0.39, 0.29) is 18.0 Å². The van der Waals surface area contributed by atoms with E-state index in [1.54, 1.807) is 32.2 Å². The maximum atomic E-state index is 11.9. The Bertz CT molecular complexity index is 421. The number of nitrogens with zero attached hydrogens (tertiary/aromatic N) is 1. The minimum atomic E-state index is -0.599. The number of carbonyl (C=O) groups is 2. The monoisotopic (exact) mass is 189 g/mol. The highest BCUT2D eigenvalue weighted by Crippen LogP contribution is 2.33. The molecule has 1 aliphatic carbocycles. The maximum Gasteiger partial charge on any atom is 0.187 e. The van der Waals surface area contributed by atoms with Crippen molar-refractivity contribution in [3.63, 3.8) is 0 Å². The van der Waals surface area contributed by atoms with E-state index in [0.29, 0.717) is 11.3 Å². The van der Waals surface area contributed by atoms with E-state index in [9.17, 15) is 9.59 Å². The van der Waals surface area contributed by atoms with Crippen LogP contribution in [0.5, 0.6) is 0 Å². The standard InChI is InChI=1S/C11H11NO2/c1-11(2)6-8(13)7-4-3-5-12-9(7)10(11)14/h3-5H,6H2,1-2H3. The van der Waals surface area contributed by atoms with Crippen molar-refractivity contribution in [3.05, 3.63) is 29.6 Å². The molecule has 0 aromatic carbocycles. The van der Waals surface area contributed by atoms with Gasteiger partial charge < -0.3 is 0 Å². The van der Waals surface area contributed by atoms with Gasteiger partial charge in [-0.3, -0.25) is 14.6 Å². The maximum absolute atomic E-state index is 11.9. The zero-order valence-corrected chi connectivity index (χ0v) is 8.20. The van der Waals surface area contributed by atoms with Crippen LogP contribution < -0.4 is 0 Å². The number of ketones is 2. The molecule has 72 valence electrons. The molecular weight excluding hydrogens is 178 g/mol. The summed E-state index contributed by atoms with van der Waals surface area (Å²) in [6.45, 7) is 3.57. The summed E-state index contributed by atoms with van der Waals surface area (Å²) in [7, 11) is 0. The Morgan fingerprint density at radius 2 is 2.07 bits per heavy atom. The smallest absolute Gasteiger partial charge is 0.187 e. The first kappa shape index (κ1) is 9.06. The molecule has 0 spiro atoms. The second kappa shape index (κ2) is 2.74. The second-order valence-electron chi connectivity index (χ2n) is 4.21. The molecule has 3 nitrogen and oxygen atoms in total. The van der Waals surface area contributed by atoms with Crippen LogP contribution in [0.3, 0.4) is 0 Å². The molecule has 0 N–H and O–H groups in total. The minimum absolute atomic E-state index is 0.0118. The van der Waals surface area contributed by atoms with Crippen molar-refractivity contribution in [2.75, 3.05) is 0 Å². The lowest BCUT2D eigenvalue weighted by molar-refractivity contribution is 0.0732. The molecule has 0 aliphatic heterocycles. The van der Waals surface area contributed by atoms with E-state index in [1.807, 2.05) is 0 Å². The van der Waals surface area contributed by atoms with Gasteiger partial charge in [-0.15, -0.1) is 0 Å². The molecular formula is C11H11NO2. The van der Waals surface area contributed by atoms with Gasteiger partial charge >= 0.3 is 0 Å². The molecule has 0 atom stereocenters. The number of hydrogen-bond acceptors (Lipinski definition) is 3. The van der Waals surface area contributed by atoms with Crippen LogP contribution in [-0.4, -0.2) is 16.6 Å². The largest absolute Gasteiger partial charge is 0.294 e. The topological polar surface area (TPSA) is 47.0 Å². The molecule has 0 radical (unpaired) electrons. The van der Waals surface area contributed by atoms with Gasteiger partial charge in [-0.25, -0.2) is 0 Å². The molecule has 14 heavy (non-hydrogen) atoms. The van der Waals surface area contributed by atoms with Crippen molar-refractivity contribution in [3.8, 4) is 0 Å². The Labute approximate surface area is 82.2 Å². The van der Waals surface area contributed by atoms with Crippen LogP contribution in [0, 0.1) is 5.41 Å². The molecule has 1 aromatic rings. The van der Waals surface area contributed by atoms with E-state index in [1.165, 1.54) is 0 Å². The summed E-state index contributed by atoms with van der Waals surface area (Å²) in [5.41, 5.74) is 0.198. The zero-order valence-electron chi connectivity index (χ0n) is 8.20. The third-order valence-electron chi connectivity index (χ3n) is 2.54. The van der Waals surface area contributed by atoms with Crippen molar-refractivity contribution in [1.29, 1.82) is 0 Å². The summed E-state index contributed by atoms with van der Waals surface area (Å²) in [6.07, 6.45) is 1.83. The van der Waals surface area contributed by atoms with Gasteiger partial charge in [0.25, 0.3) is 0 Å². The molecule has 0 unspecified atom stereocenters. The number of hydrogen-bond donors (Lipinski definition) is 0. The normalized spacial score (nSPS) is 19.3.